The minimum atomic E-state index is -0.929. The van der Waals surface area contributed by atoms with Crippen molar-refractivity contribution in [3.8, 4) is 0 Å². The van der Waals surface area contributed by atoms with Crippen LogP contribution in [0.5, 0.6) is 0 Å². The van der Waals surface area contributed by atoms with Gasteiger partial charge in [0, 0.05) is 20.1 Å². The first kappa shape index (κ1) is 13.9. The number of methoxy groups -OCH3 is 1. The van der Waals surface area contributed by atoms with Crippen molar-refractivity contribution in [2.45, 2.75) is 32.7 Å². The lowest BCUT2D eigenvalue weighted by Crippen LogP contribution is -2.40. The van der Waals surface area contributed by atoms with Crippen molar-refractivity contribution in [2.24, 2.45) is 0 Å². The third-order valence-electron chi connectivity index (χ3n) is 2.15. The molecule has 0 radical (unpaired) electrons. The molecule has 1 heterocycles. The molecule has 0 bridgehead atoms. The molecule has 1 aliphatic heterocycles. The molecule has 1 atom stereocenters. The summed E-state index contributed by atoms with van der Waals surface area (Å²) in [4.78, 5) is 23.3. The Morgan fingerprint density at radius 1 is 1.60 bits per heavy atom. The molecule has 0 spiro atoms. The van der Waals surface area contributed by atoms with Gasteiger partial charge >= 0.3 is 5.97 Å². The van der Waals surface area contributed by atoms with Gasteiger partial charge in [-0.15, -0.1) is 0 Å². The second-order valence-corrected chi connectivity index (χ2v) is 2.97. The predicted octanol–water partition coefficient (Wildman–Crippen LogP) is 0.735. The minimum Gasteiger partial charge on any atom is -0.480 e. The summed E-state index contributed by atoms with van der Waals surface area (Å²) in [6.45, 7) is 4.75. The van der Waals surface area contributed by atoms with E-state index in [1.807, 2.05) is 13.8 Å². The highest BCUT2D eigenvalue weighted by atomic mass is 16.5. The predicted molar refractivity (Wildman–Crippen MR) is 55.6 cm³/mol. The van der Waals surface area contributed by atoms with Crippen LogP contribution in [-0.2, 0) is 14.3 Å². The van der Waals surface area contributed by atoms with Crippen LogP contribution < -0.4 is 0 Å². The van der Waals surface area contributed by atoms with Gasteiger partial charge in [0.25, 0.3) is 0 Å². The molecule has 0 aliphatic carbocycles. The van der Waals surface area contributed by atoms with E-state index in [-0.39, 0.29) is 5.91 Å². The Kier molecular flexibility index (Phi) is 6.70. The van der Waals surface area contributed by atoms with Crippen LogP contribution in [0.4, 0.5) is 0 Å². The Labute approximate surface area is 90.0 Å². The number of hydrogen-bond donors (Lipinski definition) is 1. The van der Waals surface area contributed by atoms with E-state index in [4.69, 9.17) is 9.84 Å². The van der Waals surface area contributed by atoms with Crippen LogP contribution in [0.2, 0.25) is 0 Å². The van der Waals surface area contributed by atoms with Crippen LogP contribution in [0.25, 0.3) is 0 Å². The molecule has 0 saturated carbocycles. The van der Waals surface area contributed by atoms with E-state index >= 15 is 0 Å². The molecule has 0 aromatic rings. The molecule has 5 heteroatoms. The summed E-state index contributed by atoms with van der Waals surface area (Å²) in [7, 11) is 1.52. The molecule has 1 saturated heterocycles. The fourth-order valence-electron chi connectivity index (χ4n) is 1.46. The van der Waals surface area contributed by atoms with Crippen molar-refractivity contribution >= 4 is 11.9 Å². The van der Waals surface area contributed by atoms with E-state index in [1.54, 1.807) is 0 Å². The van der Waals surface area contributed by atoms with Gasteiger partial charge in [0.1, 0.15) is 6.04 Å². The van der Waals surface area contributed by atoms with Crippen LogP contribution >= 0.6 is 0 Å². The summed E-state index contributed by atoms with van der Waals surface area (Å²) in [6, 6.07) is -0.650. The van der Waals surface area contributed by atoms with Crippen LogP contribution in [0.1, 0.15) is 26.7 Å². The molecule has 1 aliphatic rings. The maximum Gasteiger partial charge on any atom is 0.326 e. The number of likely N-dealkylation sites (tertiary alicyclic amines) is 1. The van der Waals surface area contributed by atoms with Crippen molar-refractivity contribution in [1.82, 2.24) is 4.90 Å². The molecule has 1 N–H and O–H groups in total. The second-order valence-electron chi connectivity index (χ2n) is 2.97. The zero-order chi connectivity index (χ0) is 11.8. The van der Waals surface area contributed by atoms with Crippen LogP contribution in [-0.4, -0.2) is 48.2 Å². The third kappa shape index (κ3) is 3.87. The highest BCUT2D eigenvalue weighted by Crippen LogP contribution is 2.18. The normalized spacial score (nSPS) is 19.8. The van der Waals surface area contributed by atoms with Crippen molar-refractivity contribution in [3.05, 3.63) is 0 Å². The molecule has 0 aromatic carbocycles. The smallest absolute Gasteiger partial charge is 0.326 e. The molecule has 88 valence electrons. The van der Waals surface area contributed by atoms with Gasteiger partial charge in [-0.1, -0.05) is 13.8 Å². The standard InChI is InChI=1S/C8H13NO4.C2H6/c1-13-5-4-9-6(8(11)12)2-3-7(9)10;1-2/h6H,2-5H2,1H3,(H,11,12);1-2H3. The molecule has 1 unspecified atom stereocenters. The average Bonchev–Trinajstić information content (AvgIpc) is 2.60. The van der Waals surface area contributed by atoms with Crippen molar-refractivity contribution in [3.63, 3.8) is 0 Å². The van der Waals surface area contributed by atoms with E-state index in [0.29, 0.717) is 26.0 Å². The number of carbonyl (C=O) groups is 2. The number of carbonyl (C=O) groups excluding carboxylic acids is 1. The molecule has 5 nitrogen and oxygen atoms in total. The second kappa shape index (κ2) is 7.23. The quantitative estimate of drug-likeness (QED) is 0.754. The van der Waals surface area contributed by atoms with Crippen LogP contribution in [0, 0.1) is 0 Å². The summed E-state index contributed by atoms with van der Waals surface area (Å²) < 4.78 is 4.79. The fraction of sp³-hybridized carbons (Fsp3) is 0.800. The lowest BCUT2D eigenvalue weighted by Gasteiger charge is -2.20. The maximum absolute atomic E-state index is 11.2. The first-order chi connectivity index (χ1) is 7.16. The van der Waals surface area contributed by atoms with Crippen LogP contribution in [0.15, 0.2) is 0 Å². The van der Waals surface area contributed by atoms with E-state index in [9.17, 15) is 9.59 Å². The largest absolute Gasteiger partial charge is 0.480 e. The van der Waals surface area contributed by atoms with Crippen molar-refractivity contribution in [1.29, 1.82) is 0 Å². The summed E-state index contributed by atoms with van der Waals surface area (Å²) in [5, 5.41) is 8.77. The third-order valence-corrected chi connectivity index (χ3v) is 2.15. The topological polar surface area (TPSA) is 66.8 Å². The summed E-state index contributed by atoms with van der Waals surface area (Å²) in [6.07, 6.45) is 0.749. The van der Waals surface area contributed by atoms with Gasteiger partial charge in [0.2, 0.25) is 5.91 Å². The number of aliphatic carboxylic acids is 1. The lowest BCUT2D eigenvalue weighted by molar-refractivity contribution is -0.146. The van der Waals surface area contributed by atoms with Crippen LogP contribution in [0.3, 0.4) is 0 Å². The summed E-state index contributed by atoms with van der Waals surface area (Å²) in [5.41, 5.74) is 0. The van der Waals surface area contributed by atoms with Crippen molar-refractivity contribution in [2.75, 3.05) is 20.3 Å². The number of carboxylic acid groups (broad SMARTS) is 1. The van der Waals surface area contributed by atoms with Gasteiger partial charge < -0.3 is 14.7 Å². The maximum atomic E-state index is 11.2. The number of amides is 1. The average molecular weight is 217 g/mol. The van der Waals surface area contributed by atoms with Gasteiger partial charge in [-0.3, -0.25) is 4.79 Å². The molecule has 1 fully saturated rings. The van der Waals surface area contributed by atoms with E-state index in [2.05, 4.69) is 0 Å². The Hall–Kier alpha value is -1.10. The monoisotopic (exact) mass is 217 g/mol. The highest BCUT2D eigenvalue weighted by Gasteiger charge is 2.35. The Morgan fingerprint density at radius 2 is 2.20 bits per heavy atom. The van der Waals surface area contributed by atoms with Crippen molar-refractivity contribution < 1.29 is 19.4 Å². The van der Waals surface area contributed by atoms with Gasteiger partial charge in [-0.2, -0.15) is 0 Å². The Balaban J connectivity index is 0.000000921. The highest BCUT2D eigenvalue weighted by molar-refractivity contribution is 5.87. The fourth-order valence-corrected chi connectivity index (χ4v) is 1.46. The molecular formula is C10H19NO4. The minimum absolute atomic E-state index is 0.0931. The zero-order valence-corrected chi connectivity index (χ0v) is 9.52. The van der Waals surface area contributed by atoms with E-state index < -0.39 is 12.0 Å². The first-order valence-electron chi connectivity index (χ1n) is 5.18. The number of nitrogens with zero attached hydrogens (tertiary/aromatic N) is 1. The molecule has 1 rings (SSSR count). The SMILES string of the molecule is CC.COCCN1C(=O)CCC1C(=O)O. The molecular weight excluding hydrogens is 198 g/mol. The Morgan fingerprint density at radius 3 is 2.67 bits per heavy atom. The number of ether oxygens (including phenoxy) is 1. The first-order valence-corrected chi connectivity index (χ1v) is 5.18. The lowest BCUT2D eigenvalue weighted by atomic mass is 10.2. The van der Waals surface area contributed by atoms with E-state index in [1.165, 1.54) is 12.0 Å². The molecule has 15 heavy (non-hydrogen) atoms. The number of carboxylic acids is 1. The van der Waals surface area contributed by atoms with Gasteiger partial charge in [-0.05, 0) is 6.42 Å². The molecule has 0 aromatic heterocycles. The van der Waals surface area contributed by atoms with Gasteiger partial charge in [0.15, 0.2) is 0 Å². The van der Waals surface area contributed by atoms with Gasteiger partial charge in [-0.25, -0.2) is 4.79 Å². The zero-order valence-electron chi connectivity index (χ0n) is 9.52. The number of rotatable bonds is 4. The van der Waals surface area contributed by atoms with Gasteiger partial charge in [0.05, 0.1) is 6.61 Å². The number of hydrogen-bond acceptors (Lipinski definition) is 3. The summed E-state index contributed by atoms with van der Waals surface area (Å²) >= 11 is 0. The van der Waals surface area contributed by atoms with E-state index in [0.717, 1.165) is 0 Å². The summed E-state index contributed by atoms with van der Waals surface area (Å²) in [5.74, 6) is -1.02. The molecule has 1 amide bonds. The Bertz CT molecular complexity index is 217.